The minimum atomic E-state index is -0.227. The molecule has 0 bridgehead atoms. The Bertz CT molecular complexity index is 552. The first-order valence-electron chi connectivity index (χ1n) is 5.89. The van der Waals surface area contributed by atoms with Crippen LogP contribution in [0, 0.1) is 12.7 Å². The highest BCUT2D eigenvalue weighted by atomic mass is 19.1. The smallest absolute Gasteiger partial charge is 0.133 e. The second kappa shape index (κ2) is 5.23. The van der Waals surface area contributed by atoms with Crippen molar-refractivity contribution in [1.29, 1.82) is 0 Å². The molecule has 0 spiro atoms. The lowest BCUT2D eigenvalue weighted by Crippen LogP contribution is -2.10. The number of rotatable bonds is 3. The standard InChI is InChI=1S/C14H16FN3/c1-9(16)12-8-17-14(18-10(12)2)7-11-5-3-4-6-13(11)15/h3-6,8-9H,7,16H2,1-2H3/t9-/m1/s1. The minimum absolute atomic E-state index is 0.0903. The molecular formula is C14H16FN3. The average molecular weight is 245 g/mol. The largest absolute Gasteiger partial charge is 0.324 e. The van der Waals surface area contributed by atoms with E-state index >= 15 is 0 Å². The lowest BCUT2D eigenvalue weighted by atomic mass is 10.1. The first-order chi connectivity index (χ1) is 8.58. The molecule has 0 aliphatic rings. The van der Waals surface area contributed by atoms with E-state index in [2.05, 4.69) is 9.97 Å². The van der Waals surface area contributed by atoms with Crippen LogP contribution in [-0.4, -0.2) is 9.97 Å². The molecule has 0 fully saturated rings. The zero-order valence-corrected chi connectivity index (χ0v) is 10.5. The molecule has 2 rings (SSSR count). The van der Waals surface area contributed by atoms with Crippen LogP contribution in [0.5, 0.6) is 0 Å². The van der Waals surface area contributed by atoms with Gasteiger partial charge in [-0.3, -0.25) is 0 Å². The molecule has 18 heavy (non-hydrogen) atoms. The van der Waals surface area contributed by atoms with Crippen molar-refractivity contribution in [2.75, 3.05) is 0 Å². The zero-order valence-electron chi connectivity index (χ0n) is 10.5. The summed E-state index contributed by atoms with van der Waals surface area (Å²) in [6.07, 6.45) is 2.12. The monoisotopic (exact) mass is 245 g/mol. The van der Waals surface area contributed by atoms with Gasteiger partial charge in [0.25, 0.3) is 0 Å². The van der Waals surface area contributed by atoms with Gasteiger partial charge in [-0.1, -0.05) is 18.2 Å². The molecule has 0 aliphatic carbocycles. The van der Waals surface area contributed by atoms with E-state index in [-0.39, 0.29) is 11.9 Å². The van der Waals surface area contributed by atoms with Crippen LogP contribution in [0.15, 0.2) is 30.5 Å². The molecule has 1 heterocycles. The maximum absolute atomic E-state index is 13.5. The van der Waals surface area contributed by atoms with Crippen LogP contribution in [0.2, 0.25) is 0 Å². The summed E-state index contributed by atoms with van der Waals surface area (Å²) in [4.78, 5) is 8.61. The van der Waals surface area contributed by atoms with Gasteiger partial charge in [-0.2, -0.15) is 0 Å². The second-order valence-electron chi connectivity index (χ2n) is 4.38. The van der Waals surface area contributed by atoms with Gasteiger partial charge in [0.15, 0.2) is 0 Å². The Hall–Kier alpha value is -1.81. The van der Waals surface area contributed by atoms with Gasteiger partial charge in [0.2, 0.25) is 0 Å². The number of aryl methyl sites for hydroxylation is 1. The molecule has 1 atom stereocenters. The molecule has 0 saturated carbocycles. The fraction of sp³-hybridized carbons (Fsp3) is 0.286. The van der Waals surface area contributed by atoms with Crippen molar-refractivity contribution in [3.8, 4) is 0 Å². The van der Waals surface area contributed by atoms with E-state index in [1.807, 2.05) is 19.9 Å². The maximum Gasteiger partial charge on any atom is 0.133 e. The summed E-state index contributed by atoms with van der Waals surface area (Å²) >= 11 is 0. The highest BCUT2D eigenvalue weighted by Gasteiger charge is 2.09. The summed E-state index contributed by atoms with van der Waals surface area (Å²) in [7, 11) is 0. The molecule has 3 nitrogen and oxygen atoms in total. The Morgan fingerprint density at radius 3 is 2.67 bits per heavy atom. The van der Waals surface area contributed by atoms with E-state index in [9.17, 15) is 4.39 Å². The third-order valence-corrected chi connectivity index (χ3v) is 2.86. The van der Waals surface area contributed by atoms with Crippen LogP contribution in [-0.2, 0) is 6.42 Å². The van der Waals surface area contributed by atoms with E-state index in [4.69, 9.17) is 5.73 Å². The number of halogens is 1. The van der Waals surface area contributed by atoms with Gasteiger partial charge >= 0.3 is 0 Å². The van der Waals surface area contributed by atoms with E-state index in [0.717, 1.165) is 11.3 Å². The second-order valence-corrected chi connectivity index (χ2v) is 4.38. The van der Waals surface area contributed by atoms with Gasteiger partial charge in [-0.05, 0) is 25.5 Å². The first kappa shape index (κ1) is 12.6. The van der Waals surface area contributed by atoms with Crippen LogP contribution >= 0.6 is 0 Å². The number of hydrogen-bond donors (Lipinski definition) is 1. The van der Waals surface area contributed by atoms with Crippen molar-refractivity contribution in [3.63, 3.8) is 0 Å². The Morgan fingerprint density at radius 1 is 1.33 bits per heavy atom. The molecule has 0 saturated heterocycles. The Kier molecular flexibility index (Phi) is 3.67. The lowest BCUT2D eigenvalue weighted by Gasteiger charge is -2.10. The molecule has 2 N–H and O–H groups in total. The fourth-order valence-corrected chi connectivity index (χ4v) is 1.87. The Balaban J connectivity index is 2.26. The predicted octanol–water partition coefficient (Wildman–Crippen LogP) is 2.53. The molecule has 94 valence electrons. The number of aromatic nitrogens is 2. The number of nitrogens with zero attached hydrogens (tertiary/aromatic N) is 2. The number of nitrogens with two attached hydrogens (primary N) is 1. The minimum Gasteiger partial charge on any atom is -0.324 e. The average Bonchev–Trinajstić information content (AvgIpc) is 2.32. The van der Waals surface area contributed by atoms with Crippen molar-refractivity contribution in [2.45, 2.75) is 26.3 Å². The first-order valence-corrected chi connectivity index (χ1v) is 5.89. The quantitative estimate of drug-likeness (QED) is 0.904. The highest BCUT2D eigenvalue weighted by molar-refractivity contribution is 5.24. The molecule has 0 unspecified atom stereocenters. The fourth-order valence-electron chi connectivity index (χ4n) is 1.87. The van der Waals surface area contributed by atoms with Crippen LogP contribution in [0.3, 0.4) is 0 Å². The van der Waals surface area contributed by atoms with Gasteiger partial charge in [0.05, 0.1) is 0 Å². The van der Waals surface area contributed by atoms with E-state index in [0.29, 0.717) is 17.8 Å². The van der Waals surface area contributed by atoms with Crippen molar-refractivity contribution < 1.29 is 4.39 Å². The third-order valence-electron chi connectivity index (χ3n) is 2.86. The van der Waals surface area contributed by atoms with Crippen LogP contribution in [0.1, 0.15) is 35.6 Å². The molecule has 0 radical (unpaired) electrons. The zero-order chi connectivity index (χ0) is 13.1. The maximum atomic E-state index is 13.5. The Labute approximate surface area is 106 Å². The SMILES string of the molecule is Cc1nc(Cc2ccccc2F)ncc1[C@@H](C)N. The van der Waals surface area contributed by atoms with Gasteiger partial charge < -0.3 is 5.73 Å². The van der Waals surface area contributed by atoms with Gasteiger partial charge in [0.1, 0.15) is 11.6 Å². The van der Waals surface area contributed by atoms with Crippen molar-refractivity contribution in [2.24, 2.45) is 5.73 Å². The molecule has 1 aromatic heterocycles. The van der Waals surface area contributed by atoms with E-state index in [1.54, 1.807) is 18.3 Å². The van der Waals surface area contributed by atoms with E-state index < -0.39 is 0 Å². The van der Waals surface area contributed by atoms with E-state index in [1.165, 1.54) is 6.07 Å². The topological polar surface area (TPSA) is 51.8 Å². The van der Waals surface area contributed by atoms with Crippen LogP contribution in [0.4, 0.5) is 4.39 Å². The summed E-state index contributed by atoms with van der Waals surface area (Å²) in [6, 6.07) is 6.57. The predicted molar refractivity (Wildman–Crippen MR) is 68.6 cm³/mol. The van der Waals surface area contributed by atoms with Gasteiger partial charge in [-0.25, -0.2) is 14.4 Å². The molecular weight excluding hydrogens is 229 g/mol. The van der Waals surface area contributed by atoms with Gasteiger partial charge in [-0.15, -0.1) is 0 Å². The molecule has 0 amide bonds. The summed E-state index contributed by atoms with van der Waals surface area (Å²) in [6.45, 7) is 3.79. The highest BCUT2D eigenvalue weighted by Crippen LogP contribution is 2.14. The Morgan fingerprint density at radius 2 is 2.06 bits per heavy atom. The lowest BCUT2D eigenvalue weighted by molar-refractivity contribution is 0.611. The number of hydrogen-bond acceptors (Lipinski definition) is 3. The van der Waals surface area contributed by atoms with Gasteiger partial charge in [0, 0.05) is 29.9 Å². The third kappa shape index (κ3) is 2.71. The summed E-state index contributed by atoms with van der Waals surface area (Å²) in [5.74, 6) is 0.386. The van der Waals surface area contributed by atoms with Crippen LogP contribution < -0.4 is 5.73 Å². The summed E-state index contributed by atoms with van der Waals surface area (Å²) < 4.78 is 13.5. The number of benzene rings is 1. The molecule has 4 heteroatoms. The molecule has 1 aromatic carbocycles. The van der Waals surface area contributed by atoms with Crippen molar-refractivity contribution >= 4 is 0 Å². The molecule has 2 aromatic rings. The normalized spacial score (nSPS) is 12.4. The summed E-state index contributed by atoms with van der Waals surface area (Å²) in [5, 5.41) is 0. The van der Waals surface area contributed by atoms with Crippen LogP contribution in [0.25, 0.3) is 0 Å². The summed E-state index contributed by atoms with van der Waals surface area (Å²) in [5.41, 5.74) is 8.18. The van der Waals surface area contributed by atoms with Crippen molar-refractivity contribution in [3.05, 3.63) is 58.9 Å². The van der Waals surface area contributed by atoms with Crippen molar-refractivity contribution in [1.82, 2.24) is 9.97 Å². The molecule has 0 aliphatic heterocycles.